The number of amides is 1. The Morgan fingerprint density at radius 1 is 1.58 bits per heavy atom. The van der Waals surface area contributed by atoms with E-state index in [-0.39, 0.29) is 17.9 Å². The number of rotatable bonds is 3. The Morgan fingerprint density at radius 3 is 2.89 bits per heavy atom. The maximum atomic E-state index is 12.5. The van der Waals surface area contributed by atoms with Crippen molar-refractivity contribution in [2.24, 2.45) is 13.0 Å². The van der Waals surface area contributed by atoms with Crippen molar-refractivity contribution in [1.82, 2.24) is 9.47 Å². The molecule has 2 aliphatic rings. The van der Waals surface area contributed by atoms with Crippen LogP contribution in [0.25, 0.3) is 0 Å². The number of fused-ring (bicyclic) bond motifs is 2. The molecule has 0 saturated carbocycles. The smallest absolute Gasteiger partial charge is 0.228 e. The number of hydrogen-bond acceptors (Lipinski definition) is 2. The number of halogens is 1. The second kappa shape index (κ2) is 4.94. The van der Waals surface area contributed by atoms with Gasteiger partial charge in [0.1, 0.15) is 0 Å². The van der Waals surface area contributed by atoms with Crippen molar-refractivity contribution < 1.29 is 9.53 Å². The molecular weight excluding hydrogens is 308 g/mol. The van der Waals surface area contributed by atoms with Crippen molar-refractivity contribution in [3.63, 3.8) is 0 Å². The maximum absolute atomic E-state index is 12.5. The van der Waals surface area contributed by atoms with Gasteiger partial charge in [0.15, 0.2) is 0 Å². The summed E-state index contributed by atoms with van der Waals surface area (Å²) in [5.74, 6) is 0.303. The van der Waals surface area contributed by atoms with Crippen molar-refractivity contribution in [2.45, 2.75) is 38.0 Å². The Labute approximate surface area is 121 Å². The SMILES string of the molecule is CN(Cc1cc(Br)cn1C)C(=O)[C@@H]1C[C@H]2CC[C@H]1O2. The van der Waals surface area contributed by atoms with Crippen LogP contribution in [0, 0.1) is 5.92 Å². The van der Waals surface area contributed by atoms with Crippen LogP contribution < -0.4 is 0 Å². The molecule has 1 amide bonds. The van der Waals surface area contributed by atoms with Gasteiger partial charge in [-0.3, -0.25) is 4.79 Å². The zero-order valence-corrected chi connectivity index (χ0v) is 12.9. The van der Waals surface area contributed by atoms with Gasteiger partial charge in [-0.25, -0.2) is 0 Å². The standard InChI is InChI=1S/C14H19BrN2O2/c1-16-7-9(15)5-10(16)8-17(2)14(18)12-6-11-3-4-13(12)19-11/h5,7,11-13H,3-4,6,8H2,1-2H3/t11-,12-,13-/m1/s1. The number of aromatic nitrogens is 1. The average molecular weight is 327 g/mol. The molecule has 0 aromatic carbocycles. The predicted octanol–water partition coefficient (Wildman–Crippen LogP) is 2.31. The molecular formula is C14H19BrN2O2. The molecule has 2 saturated heterocycles. The van der Waals surface area contributed by atoms with Crippen molar-refractivity contribution in [3.05, 3.63) is 22.4 Å². The molecule has 3 heterocycles. The first kappa shape index (κ1) is 13.2. The summed E-state index contributed by atoms with van der Waals surface area (Å²) in [7, 11) is 3.88. The first-order chi connectivity index (χ1) is 9.04. The molecule has 0 spiro atoms. The highest BCUT2D eigenvalue weighted by molar-refractivity contribution is 9.10. The monoisotopic (exact) mass is 326 g/mol. The molecule has 19 heavy (non-hydrogen) atoms. The molecule has 0 radical (unpaired) electrons. The number of nitrogens with zero attached hydrogens (tertiary/aromatic N) is 2. The molecule has 2 fully saturated rings. The largest absolute Gasteiger partial charge is 0.374 e. The summed E-state index contributed by atoms with van der Waals surface area (Å²) < 4.78 is 8.87. The molecule has 5 heteroatoms. The highest BCUT2D eigenvalue weighted by atomic mass is 79.9. The van der Waals surface area contributed by atoms with Crippen LogP contribution in [0.1, 0.15) is 25.0 Å². The van der Waals surface area contributed by atoms with E-state index < -0.39 is 0 Å². The van der Waals surface area contributed by atoms with E-state index in [4.69, 9.17) is 4.74 Å². The minimum Gasteiger partial charge on any atom is -0.374 e. The Morgan fingerprint density at radius 2 is 2.37 bits per heavy atom. The van der Waals surface area contributed by atoms with E-state index in [0.29, 0.717) is 12.6 Å². The summed E-state index contributed by atoms with van der Waals surface area (Å²) in [4.78, 5) is 14.3. The second-order valence-corrected chi connectivity index (χ2v) is 6.59. The molecule has 2 bridgehead atoms. The molecule has 3 atom stereocenters. The van der Waals surface area contributed by atoms with Gasteiger partial charge in [-0.15, -0.1) is 0 Å². The second-order valence-electron chi connectivity index (χ2n) is 5.67. The third-order valence-electron chi connectivity index (χ3n) is 4.27. The Bertz CT molecular complexity index is 500. The van der Waals surface area contributed by atoms with Crippen molar-refractivity contribution in [3.8, 4) is 0 Å². The van der Waals surface area contributed by atoms with Gasteiger partial charge in [0.25, 0.3) is 0 Å². The average Bonchev–Trinajstić information content (AvgIpc) is 3.04. The number of ether oxygens (including phenoxy) is 1. The van der Waals surface area contributed by atoms with Gasteiger partial charge in [-0.2, -0.15) is 0 Å². The minimum atomic E-state index is 0.0764. The van der Waals surface area contributed by atoms with Crippen LogP contribution in [0.5, 0.6) is 0 Å². The molecule has 3 rings (SSSR count). The summed E-state index contributed by atoms with van der Waals surface area (Å²) in [5.41, 5.74) is 1.13. The van der Waals surface area contributed by atoms with E-state index in [0.717, 1.165) is 29.4 Å². The summed E-state index contributed by atoms with van der Waals surface area (Å²) in [6.07, 6.45) is 5.59. The van der Waals surface area contributed by atoms with Crippen molar-refractivity contribution in [2.75, 3.05) is 7.05 Å². The van der Waals surface area contributed by atoms with Crippen LogP contribution >= 0.6 is 15.9 Å². The van der Waals surface area contributed by atoms with Gasteiger partial charge >= 0.3 is 0 Å². The fourth-order valence-electron chi connectivity index (χ4n) is 3.23. The highest BCUT2D eigenvalue weighted by Crippen LogP contribution is 2.39. The summed E-state index contributed by atoms with van der Waals surface area (Å²) in [6, 6.07) is 2.06. The van der Waals surface area contributed by atoms with E-state index in [1.54, 1.807) is 0 Å². The lowest BCUT2D eigenvalue weighted by molar-refractivity contribution is -0.136. The number of carbonyl (C=O) groups excluding carboxylic acids is 1. The maximum Gasteiger partial charge on any atom is 0.228 e. The van der Waals surface area contributed by atoms with Crippen LogP contribution in [0.2, 0.25) is 0 Å². The normalized spacial score (nSPS) is 28.9. The van der Waals surface area contributed by atoms with Gasteiger partial charge in [-0.1, -0.05) is 0 Å². The van der Waals surface area contributed by atoms with Crippen LogP contribution in [0.15, 0.2) is 16.7 Å². The molecule has 1 aromatic rings. The predicted molar refractivity (Wildman–Crippen MR) is 75.6 cm³/mol. The number of carbonyl (C=O) groups is 1. The van der Waals surface area contributed by atoms with E-state index in [1.165, 1.54) is 0 Å². The molecule has 0 aliphatic carbocycles. The zero-order valence-electron chi connectivity index (χ0n) is 11.3. The molecule has 0 unspecified atom stereocenters. The third-order valence-corrected chi connectivity index (χ3v) is 4.71. The topological polar surface area (TPSA) is 34.5 Å². The van der Waals surface area contributed by atoms with Crippen molar-refractivity contribution in [1.29, 1.82) is 0 Å². The lowest BCUT2D eigenvalue weighted by atomic mass is 9.88. The van der Waals surface area contributed by atoms with Gasteiger partial charge in [0, 0.05) is 30.5 Å². The van der Waals surface area contributed by atoms with Gasteiger partial charge in [-0.05, 0) is 41.3 Å². The molecule has 1 aromatic heterocycles. The zero-order chi connectivity index (χ0) is 13.6. The lowest BCUT2D eigenvalue weighted by Crippen LogP contribution is -2.37. The van der Waals surface area contributed by atoms with Crippen LogP contribution in [-0.4, -0.2) is 34.6 Å². The van der Waals surface area contributed by atoms with Crippen LogP contribution in [0.3, 0.4) is 0 Å². The van der Waals surface area contributed by atoms with Crippen LogP contribution in [0.4, 0.5) is 0 Å². The minimum absolute atomic E-state index is 0.0764. The Balaban J connectivity index is 1.65. The first-order valence-electron chi connectivity index (χ1n) is 6.76. The summed E-state index contributed by atoms with van der Waals surface area (Å²) in [6.45, 7) is 0.648. The summed E-state index contributed by atoms with van der Waals surface area (Å²) >= 11 is 3.46. The van der Waals surface area contributed by atoms with E-state index in [9.17, 15) is 4.79 Å². The van der Waals surface area contributed by atoms with E-state index in [2.05, 4.69) is 22.0 Å². The number of aryl methyl sites for hydroxylation is 1. The summed E-state index contributed by atoms with van der Waals surface area (Å²) in [5, 5.41) is 0. The van der Waals surface area contributed by atoms with Crippen LogP contribution in [-0.2, 0) is 23.1 Å². The molecule has 104 valence electrons. The van der Waals surface area contributed by atoms with Gasteiger partial charge < -0.3 is 14.2 Å². The quantitative estimate of drug-likeness (QED) is 0.854. The Kier molecular flexibility index (Phi) is 3.43. The third kappa shape index (κ3) is 2.46. The van der Waals surface area contributed by atoms with E-state index >= 15 is 0 Å². The first-order valence-corrected chi connectivity index (χ1v) is 7.55. The fraction of sp³-hybridized carbons (Fsp3) is 0.643. The highest BCUT2D eigenvalue weighted by Gasteiger charge is 2.45. The lowest BCUT2D eigenvalue weighted by Gasteiger charge is -2.25. The van der Waals surface area contributed by atoms with Gasteiger partial charge in [0.2, 0.25) is 5.91 Å². The molecule has 4 nitrogen and oxygen atoms in total. The van der Waals surface area contributed by atoms with E-state index in [1.807, 2.05) is 29.8 Å². The van der Waals surface area contributed by atoms with Crippen molar-refractivity contribution >= 4 is 21.8 Å². The number of hydrogen-bond donors (Lipinski definition) is 0. The molecule has 0 N–H and O–H groups in total. The Hall–Kier alpha value is -0.810. The fourth-order valence-corrected chi connectivity index (χ4v) is 3.80. The molecule has 2 aliphatic heterocycles. The van der Waals surface area contributed by atoms with Gasteiger partial charge in [0.05, 0.1) is 24.7 Å².